The normalized spacial score (nSPS) is 13.7. The fourth-order valence-electron chi connectivity index (χ4n) is 5.13. The molecule has 44 heavy (non-hydrogen) atoms. The molecular formula is C32H26F4N6OS. The summed E-state index contributed by atoms with van der Waals surface area (Å²) in [6.07, 6.45) is -1.35. The number of piperazine rings is 1. The fourth-order valence-corrected chi connectivity index (χ4v) is 6.08. The number of hydrogen-bond donors (Lipinski definition) is 0. The molecule has 1 saturated heterocycles. The van der Waals surface area contributed by atoms with Gasteiger partial charge in [0.15, 0.2) is 11.0 Å². The number of hydrogen-bond acceptors (Lipinski definition) is 6. The van der Waals surface area contributed by atoms with Crippen LogP contribution in [0.25, 0.3) is 17.1 Å². The second-order valence-electron chi connectivity index (χ2n) is 10.1. The van der Waals surface area contributed by atoms with Crippen molar-refractivity contribution >= 4 is 23.4 Å². The molecule has 0 spiro atoms. The van der Waals surface area contributed by atoms with Gasteiger partial charge >= 0.3 is 6.18 Å². The van der Waals surface area contributed by atoms with Gasteiger partial charge in [-0.1, -0.05) is 48.2 Å². The third-order valence-electron chi connectivity index (χ3n) is 7.35. The second-order valence-corrected chi connectivity index (χ2v) is 11.1. The largest absolute Gasteiger partial charge is 0.416 e. The zero-order valence-electron chi connectivity index (χ0n) is 23.3. The number of anilines is 1. The van der Waals surface area contributed by atoms with Crippen LogP contribution in [0, 0.1) is 5.82 Å². The number of alkyl halides is 3. The Kier molecular flexibility index (Phi) is 8.34. The summed E-state index contributed by atoms with van der Waals surface area (Å²) in [6.45, 7) is 1.88. The number of nitrogens with zero attached hydrogens (tertiary/aromatic N) is 6. The Bertz CT molecular complexity index is 1770. The Morgan fingerprint density at radius 3 is 2.39 bits per heavy atom. The van der Waals surface area contributed by atoms with Gasteiger partial charge < -0.3 is 9.80 Å². The van der Waals surface area contributed by atoms with Crippen LogP contribution in [0.1, 0.15) is 21.5 Å². The van der Waals surface area contributed by atoms with Crippen molar-refractivity contribution in [1.82, 2.24) is 24.6 Å². The Morgan fingerprint density at radius 1 is 0.864 bits per heavy atom. The molecule has 2 aromatic heterocycles. The topological polar surface area (TPSA) is 67.2 Å². The summed E-state index contributed by atoms with van der Waals surface area (Å²) in [5.41, 5.74) is 1.85. The van der Waals surface area contributed by atoms with E-state index in [0.29, 0.717) is 59.7 Å². The highest BCUT2D eigenvalue weighted by atomic mass is 32.2. The molecule has 12 heteroatoms. The first-order valence-corrected chi connectivity index (χ1v) is 14.8. The maximum absolute atomic E-state index is 14.3. The smallest absolute Gasteiger partial charge is 0.366 e. The molecule has 1 fully saturated rings. The molecular weight excluding hydrogens is 592 g/mol. The average molecular weight is 619 g/mol. The maximum Gasteiger partial charge on any atom is 0.416 e. The third kappa shape index (κ3) is 6.16. The Hall–Kier alpha value is -4.71. The molecule has 0 unspecified atom stereocenters. The van der Waals surface area contributed by atoms with Gasteiger partial charge in [0, 0.05) is 55.5 Å². The van der Waals surface area contributed by atoms with Gasteiger partial charge in [0.1, 0.15) is 5.82 Å². The predicted molar refractivity (Wildman–Crippen MR) is 160 cm³/mol. The fraction of sp³-hybridized carbons (Fsp3) is 0.188. The van der Waals surface area contributed by atoms with Crippen LogP contribution in [0.15, 0.2) is 102 Å². The Balaban J connectivity index is 1.24. The predicted octanol–water partition coefficient (Wildman–Crippen LogP) is 6.74. The van der Waals surface area contributed by atoms with E-state index in [4.69, 9.17) is 0 Å². The summed E-state index contributed by atoms with van der Waals surface area (Å²) >= 11 is 1.27. The number of carbonyl (C=O) groups excluding carboxylic acids is 1. The molecule has 0 aliphatic carbocycles. The number of pyridine rings is 1. The van der Waals surface area contributed by atoms with Crippen molar-refractivity contribution in [1.29, 1.82) is 0 Å². The SMILES string of the molecule is O=C(c1ccccc1CSc1nnc(-c2cccnc2)n1-c1cccc(C(F)(F)F)c1)N1CCN(c2ccccc2F)CC1. The van der Waals surface area contributed by atoms with E-state index >= 15 is 0 Å². The third-order valence-corrected chi connectivity index (χ3v) is 8.33. The van der Waals surface area contributed by atoms with Crippen molar-refractivity contribution < 1.29 is 22.4 Å². The van der Waals surface area contributed by atoms with Crippen LogP contribution in [0.3, 0.4) is 0 Å². The first-order chi connectivity index (χ1) is 21.3. The second kappa shape index (κ2) is 12.5. The number of thioether (sulfide) groups is 1. The summed E-state index contributed by atoms with van der Waals surface area (Å²) in [5.74, 6) is 0.238. The monoisotopic (exact) mass is 618 g/mol. The van der Waals surface area contributed by atoms with Gasteiger partial charge in [-0.05, 0) is 54.1 Å². The van der Waals surface area contributed by atoms with Gasteiger partial charge in [-0.15, -0.1) is 10.2 Å². The van der Waals surface area contributed by atoms with Crippen LogP contribution < -0.4 is 4.90 Å². The van der Waals surface area contributed by atoms with E-state index in [2.05, 4.69) is 15.2 Å². The van der Waals surface area contributed by atoms with Crippen LogP contribution in [0.5, 0.6) is 0 Å². The first-order valence-electron chi connectivity index (χ1n) is 13.8. The Labute approximate surface area is 255 Å². The average Bonchev–Trinajstić information content (AvgIpc) is 3.48. The van der Waals surface area contributed by atoms with Gasteiger partial charge in [-0.25, -0.2) is 4.39 Å². The number of rotatable bonds is 7. The maximum atomic E-state index is 14.3. The number of halogens is 4. The molecule has 3 heterocycles. The van der Waals surface area contributed by atoms with E-state index in [0.717, 1.165) is 17.7 Å². The van der Waals surface area contributed by atoms with E-state index in [1.807, 2.05) is 17.0 Å². The molecule has 0 N–H and O–H groups in total. The van der Waals surface area contributed by atoms with Gasteiger partial charge in [0.05, 0.1) is 16.9 Å². The molecule has 5 aromatic rings. The van der Waals surface area contributed by atoms with Crippen LogP contribution in [0.4, 0.5) is 23.2 Å². The van der Waals surface area contributed by atoms with Gasteiger partial charge in [0.25, 0.3) is 5.91 Å². The molecule has 7 nitrogen and oxygen atoms in total. The zero-order chi connectivity index (χ0) is 30.7. The minimum absolute atomic E-state index is 0.134. The quantitative estimate of drug-likeness (QED) is 0.149. The van der Waals surface area contributed by atoms with Crippen LogP contribution in [0.2, 0.25) is 0 Å². The van der Waals surface area contributed by atoms with E-state index in [1.54, 1.807) is 70.4 Å². The minimum atomic E-state index is -4.52. The molecule has 224 valence electrons. The molecule has 1 aliphatic rings. The highest BCUT2D eigenvalue weighted by Gasteiger charge is 2.31. The molecule has 3 aromatic carbocycles. The van der Waals surface area contributed by atoms with Crippen molar-refractivity contribution in [3.63, 3.8) is 0 Å². The molecule has 0 radical (unpaired) electrons. The van der Waals surface area contributed by atoms with E-state index in [-0.39, 0.29) is 17.4 Å². The lowest BCUT2D eigenvalue weighted by Gasteiger charge is -2.36. The van der Waals surface area contributed by atoms with Crippen LogP contribution >= 0.6 is 11.8 Å². The van der Waals surface area contributed by atoms with Crippen molar-refractivity contribution in [2.24, 2.45) is 0 Å². The van der Waals surface area contributed by atoms with Crippen LogP contribution in [-0.2, 0) is 11.9 Å². The standard InChI is InChI=1S/C32H26F4N6OS/c33-27-12-3-4-13-28(27)40-15-17-41(18-16-40)30(43)26-11-2-1-7-23(26)21-44-31-39-38-29(22-8-6-14-37-20-22)42(31)25-10-5-9-24(19-25)32(34,35)36/h1-14,19-20H,15-18,21H2. The Morgan fingerprint density at radius 2 is 1.64 bits per heavy atom. The summed E-state index contributed by atoms with van der Waals surface area (Å²) in [5, 5.41) is 8.99. The minimum Gasteiger partial charge on any atom is -0.366 e. The highest BCUT2D eigenvalue weighted by Crippen LogP contribution is 2.34. The van der Waals surface area contributed by atoms with E-state index in [9.17, 15) is 22.4 Å². The summed E-state index contributed by atoms with van der Waals surface area (Å²) in [4.78, 5) is 21.4. The molecule has 0 saturated carbocycles. The number of para-hydroxylation sites is 1. The molecule has 0 atom stereocenters. The summed E-state index contributed by atoms with van der Waals surface area (Å²) in [7, 11) is 0. The lowest BCUT2D eigenvalue weighted by Crippen LogP contribution is -2.49. The number of carbonyl (C=O) groups is 1. The first kappa shape index (κ1) is 29.4. The number of aromatic nitrogens is 4. The van der Waals surface area contributed by atoms with Crippen molar-refractivity contribution in [2.75, 3.05) is 31.1 Å². The lowest BCUT2D eigenvalue weighted by atomic mass is 10.1. The highest BCUT2D eigenvalue weighted by molar-refractivity contribution is 7.98. The molecule has 0 bridgehead atoms. The van der Waals surface area contributed by atoms with E-state index < -0.39 is 11.7 Å². The van der Waals surface area contributed by atoms with Gasteiger partial charge in [-0.3, -0.25) is 14.3 Å². The van der Waals surface area contributed by atoms with Gasteiger partial charge in [0.2, 0.25) is 0 Å². The number of amides is 1. The summed E-state index contributed by atoms with van der Waals surface area (Å²) < 4.78 is 56.6. The van der Waals surface area contributed by atoms with Crippen molar-refractivity contribution in [3.05, 3.63) is 120 Å². The van der Waals surface area contributed by atoms with Gasteiger partial charge in [-0.2, -0.15) is 13.2 Å². The van der Waals surface area contributed by atoms with E-state index in [1.165, 1.54) is 23.9 Å². The summed E-state index contributed by atoms with van der Waals surface area (Å²) in [6, 6.07) is 22.3. The zero-order valence-corrected chi connectivity index (χ0v) is 24.1. The van der Waals surface area contributed by atoms with Crippen molar-refractivity contribution in [2.45, 2.75) is 17.1 Å². The van der Waals surface area contributed by atoms with Crippen molar-refractivity contribution in [3.8, 4) is 17.1 Å². The lowest BCUT2D eigenvalue weighted by molar-refractivity contribution is -0.137. The van der Waals surface area contributed by atoms with Crippen LogP contribution in [-0.4, -0.2) is 56.7 Å². The molecule has 6 rings (SSSR count). The molecule has 1 aliphatic heterocycles. The molecule has 1 amide bonds. The number of benzene rings is 3.